The predicted octanol–water partition coefficient (Wildman–Crippen LogP) is 4.17. The smallest absolute Gasteiger partial charge is 0.253 e. The zero-order valence-electron chi connectivity index (χ0n) is 15.9. The molecule has 1 aromatic heterocycles. The normalized spacial score (nSPS) is 16.6. The first-order valence-corrected chi connectivity index (χ1v) is 9.57. The lowest BCUT2D eigenvalue weighted by Gasteiger charge is -2.33. The van der Waals surface area contributed by atoms with Gasteiger partial charge in [0.15, 0.2) is 0 Å². The molecule has 5 heteroatoms. The fourth-order valence-corrected chi connectivity index (χ4v) is 3.71. The second-order valence-electron chi connectivity index (χ2n) is 7.04. The van der Waals surface area contributed by atoms with Gasteiger partial charge in [0.05, 0.1) is 12.8 Å². The minimum absolute atomic E-state index is 0.0907. The molecule has 1 saturated heterocycles. The van der Waals surface area contributed by atoms with Crippen molar-refractivity contribution in [2.24, 2.45) is 0 Å². The van der Waals surface area contributed by atoms with Gasteiger partial charge in [-0.15, -0.1) is 10.2 Å². The number of aromatic nitrogens is 2. The van der Waals surface area contributed by atoms with Gasteiger partial charge in [0, 0.05) is 36.2 Å². The highest BCUT2D eigenvalue weighted by Crippen LogP contribution is 2.28. The first-order valence-electron chi connectivity index (χ1n) is 9.57. The monoisotopic (exact) mass is 373 g/mol. The molecule has 0 N–H and O–H groups in total. The van der Waals surface area contributed by atoms with Crippen LogP contribution in [-0.4, -0.2) is 41.2 Å². The zero-order valence-corrected chi connectivity index (χ0v) is 15.9. The van der Waals surface area contributed by atoms with Gasteiger partial charge in [0.1, 0.15) is 0 Å². The molecule has 3 aromatic rings. The number of methoxy groups -OCH3 is 1. The maximum absolute atomic E-state index is 13.0. The number of amides is 1. The minimum Gasteiger partial charge on any atom is -0.480 e. The molecule has 4 rings (SSSR count). The molecule has 0 radical (unpaired) electrons. The molecular weight excluding hydrogens is 350 g/mol. The summed E-state index contributed by atoms with van der Waals surface area (Å²) in [5, 5.41) is 8.15. The van der Waals surface area contributed by atoms with Crippen molar-refractivity contribution in [3.63, 3.8) is 0 Å². The number of likely N-dealkylation sites (tertiary alicyclic amines) is 1. The second kappa shape index (κ2) is 8.21. The Hall–Kier alpha value is -3.21. The molecule has 0 unspecified atom stereocenters. The summed E-state index contributed by atoms with van der Waals surface area (Å²) in [7, 11) is 1.56. The van der Waals surface area contributed by atoms with Crippen LogP contribution >= 0.6 is 0 Å². The highest BCUT2D eigenvalue weighted by atomic mass is 16.5. The van der Waals surface area contributed by atoms with Crippen LogP contribution in [0.25, 0.3) is 11.3 Å². The van der Waals surface area contributed by atoms with Gasteiger partial charge in [0.25, 0.3) is 5.91 Å². The van der Waals surface area contributed by atoms with Crippen LogP contribution in [0.5, 0.6) is 5.88 Å². The van der Waals surface area contributed by atoms with Gasteiger partial charge in [-0.1, -0.05) is 42.5 Å². The highest BCUT2D eigenvalue weighted by Gasteiger charge is 2.25. The van der Waals surface area contributed by atoms with Crippen LogP contribution in [0.2, 0.25) is 0 Å². The number of piperidine rings is 1. The third-order valence-electron chi connectivity index (χ3n) is 5.26. The van der Waals surface area contributed by atoms with E-state index in [1.165, 1.54) is 5.56 Å². The molecule has 1 aliphatic heterocycles. The molecule has 5 nitrogen and oxygen atoms in total. The van der Waals surface area contributed by atoms with E-state index in [1.807, 2.05) is 41.3 Å². The number of benzene rings is 2. The van der Waals surface area contributed by atoms with E-state index < -0.39 is 0 Å². The molecule has 1 atom stereocenters. The van der Waals surface area contributed by atoms with E-state index in [0.29, 0.717) is 17.4 Å². The minimum atomic E-state index is 0.0907. The molecule has 1 aliphatic rings. The van der Waals surface area contributed by atoms with Gasteiger partial charge < -0.3 is 9.64 Å². The molecule has 2 aromatic carbocycles. The van der Waals surface area contributed by atoms with Gasteiger partial charge in [0.2, 0.25) is 5.88 Å². The topological polar surface area (TPSA) is 55.3 Å². The Morgan fingerprint density at radius 3 is 2.46 bits per heavy atom. The first kappa shape index (κ1) is 18.2. The number of nitrogens with zero attached hydrogens (tertiary/aromatic N) is 3. The number of carbonyl (C=O) groups excluding carboxylic acids is 1. The van der Waals surface area contributed by atoms with Crippen LogP contribution in [0.1, 0.15) is 34.7 Å². The zero-order chi connectivity index (χ0) is 19.3. The van der Waals surface area contributed by atoms with Crippen molar-refractivity contribution < 1.29 is 9.53 Å². The van der Waals surface area contributed by atoms with E-state index >= 15 is 0 Å². The fourth-order valence-electron chi connectivity index (χ4n) is 3.71. The summed E-state index contributed by atoms with van der Waals surface area (Å²) in [6, 6.07) is 21.7. The number of hydrogen-bond acceptors (Lipinski definition) is 4. The highest BCUT2D eigenvalue weighted by molar-refractivity contribution is 5.94. The van der Waals surface area contributed by atoms with Crippen molar-refractivity contribution in [3.05, 3.63) is 77.9 Å². The van der Waals surface area contributed by atoms with E-state index in [-0.39, 0.29) is 5.91 Å². The maximum Gasteiger partial charge on any atom is 0.253 e. The molecule has 2 heterocycles. The Labute approximate surface area is 165 Å². The quantitative estimate of drug-likeness (QED) is 0.689. The van der Waals surface area contributed by atoms with Crippen LogP contribution in [0.15, 0.2) is 66.7 Å². The van der Waals surface area contributed by atoms with Gasteiger partial charge in [-0.2, -0.15) is 0 Å². The average molecular weight is 373 g/mol. The molecule has 28 heavy (non-hydrogen) atoms. The molecule has 142 valence electrons. The molecule has 0 spiro atoms. The van der Waals surface area contributed by atoms with E-state index in [0.717, 1.165) is 37.2 Å². The molecule has 1 fully saturated rings. The van der Waals surface area contributed by atoms with Crippen molar-refractivity contribution >= 4 is 5.91 Å². The summed E-state index contributed by atoms with van der Waals surface area (Å²) in [5.74, 6) is 0.981. The van der Waals surface area contributed by atoms with Crippen LogP contribution in [0, 0.1) is 0 Å². The van der Waals surface area contributed by atoms with E-state index in [4.69, 9.17) is 4.74 Å². The Morgan fingerprint density at radius 1 is 1.00 bits per heavy atom. The van der Waals surface area contributed by atoms with E-state index in [9.17, 15) is 4.79 Å². The van der Waals surface area contributed by atoms with Crippen molar-refractivity contribution in [2.45, 2.75) is 18.8 Å². The summed E-state index contributed by atoms with van der Waals surface area (Å²) in [6.07, 6.45) is 2.16. The summed E-state index contributed by atoms with van der Waals surface area (Å²) in [6.45, 7) is 1.59. The van der Waals surface area contributed by atoms with Crippen LogP contribution in [0.4, 0.5) is 0 Å². The standard InChI is InChI=1S/C23H23N3O2/c1-28-22-14-13-21(24-25-22)18-9-11-19(12-10-18)23(27)26-15-5-8-20(16-26)17-6-3-2-4-7-17/h2-4,6-7,9-14,20H,5,8,15-16H2,1H3/t20-/m0/s1. The van der Waals surface area contributed by atoms with Gasteiger partial charge in [-0.25, -0.2) is 0 Å². The van der Waals surface area contributed by atoms with Crippen LogP contribution < -0.4 is 4.74 Å². The fraction of sp³-hybridized carbons (Fsp3) is 0.261. The lowest BCUT2D eigenvalue weighted by Crippen LogP contribution is -2.39. The third-order valence-corrected chi connectivity index (χ3v) is 5.26. The van der Waals surface area contributed by atoms with Crippen molar-refractivity contribution in [1.82, 2.24) is 15.1 Å². The summed E-state index contributed by atoms with van der Waals surface area (Å²) < 4.78 is 5.04. The van der Waals surface area contributed by atoms with Crippen molar-refractivity contribution in [1.29, 1.82) is 0 Å². The van der Waals surface area contributed by atoms with Crippen LogP contribution in [-0.2, 0) is 0 Å². The van der Waals surface area contributed by atoms with E-state index in [2.05, 4.69) is 34.5 Å². The lowest BCUT2D eigenvalue weighted by atomic mass is 9.90. The van der Waals surface area contributed by atoms with E-state index in [1.54, 1.807) is 13.2 Å². The summed E-state index contributed by atoms with van der Waals surface area (Å²) in [4.78, 5) is 15.0. The Kier molecular flexibility index (Phi) is 5.33. The number of carbonyl (C=O) groups is 1. The number of rotatable bonds is 4. The number of ether oxygens (including phenoxy) is 1. The van der Waals surface area contributed by atoms with Crippen molar-refractivity contribution in [3.8, 4) is 17.1 Å². The average Bonchev–Trinajstić information content (AvgIpc) is 2.79. The lowest BCUT2D eigenvalue weighted by molar-refractivity contribution is 0.0707. The Morgan fingerprint density at radius 2 is 1.79 bits per heavy atom. The summed E-state index contributed by atoms with van der Waals surface area (Å²) in [5.41, 5.74) is 3.70. The maximum atomic E-state index is 13.0. The van der Waals surface area contributed by atoms with Crippen molar-refractivity contribution in [2.75, 3.05) is 20.2 Å². The predicted molar refractivity (Wildman–Crippen MR) is 108 cm³/mol. The molecular formula is C23H23N3O2. The molecule has 0 saturated carbocycles. The third kappa shape index (κ3) is 3.88. The SMILES string of the molecule is COc1ccc(-c2ccc(C(=O)N3CCC[C@H](c4ccccc4)C3)cc2)nn1. The Bertz CT molecular complexity index is 924. The van der Waals surface area contributed by atoms with Gasteiger partial charge >= 0.3 is 0 Å². The largest absolute Gasteiger partial charge is 0.480 e. The molecule has 1 amide bonds. The first-order chi connectivity index (χ1) is 13.7. The summed E-state index contributed by atoms with van der Waals surface area (Å²) >= 11 is 0. The van der Waals surface area contributed by atoms with Gasteiger partial charge in [-0.3, -0.25) is 4.79 Å². The molecule has 0 bridgehead atoms. The Balaban J connectivity index is 1.47. The van der Waals surface area contributed by atoms with Crippen LogP contribution in [0.3, 0.4) is 0 Å². The molecule has 0 aliphatic carbocycles. The van der Waals surface area contributed by atoms with Gasteiger partial charge in [-0.05, 0) is 36.6 Å². The second-order valence-corrected chi connectivity index (χ2v) is 7.04. The number of hydrogen-bond donors (Lipinski definition) is 0.